The number of aliphatic hydroxyl groups excluding tert-OH is 3. The van der Waals surface area contributed by atoms with Gasteiger partial charge in [0.15, 0.2) is 6.61 Å². The van der Waals surface area contributed by atoms with Crippen molar-refractivity contribution in [2.24, 2.45) is 35.5 Å². The topological polar surface area (TPSA) is 235 Å². The molecule has 3 fully saturated rings. The number of carboxylic acids is 1. The highest BCUT2D eigenvalue weighted by Gasteiger charge is 2.37. The maximum atomic E-state index is 12.6. The SMILES string of the molecule is CCCCC(O)c1cccc(OC[C@H]2C(Cl)CC[C@@H]2CCCc2ncc(C(=O)OC)s2)c1.COC(=O)CCc1cccc(C[C@H]2CCC(=O)[C@@H]2COc2cc(C)c(CCO)c(C)c2)c1.O=C(O)COC#CC[C@H]1CCC(=O)[C@@H]1COc1ccccc1CCO. The number of carbonyl (C=O) groups is 5. The van der Waals surface area contributed by atoms with Crippen LogP contribution < -0.4 is 14.2 Å². The Morgan fingerprint density at radius 2 is 1.44 bits per heavy atom. The average molecular weight is 1270 g/mol. The maximum absolute atomic E-state index is 12.6. The van der Waals surface area contributed by atoms with Crippen LogP contribution in [0.3, 0.4) is 0 Å². The fourth-order valence-corrected chi connectivity index (χ4v) is 13.3. The molecule has 3 aliphatic rings. The zero-order chi connectivity index (χ0) is 64.1. The lowest BCUT2D eigenvalue weighted by Crippen LogP contribution is -2.24. The number of hydrogen-bond donors (Lipinski definition) is 4. The number of methoxy groups -OCH3 is 2. The number of ether oxygens (including phenoxy) is 6. The largest absolute Gasteiger partial charge is 0.493 e. The zero-order valence-electron chi connectivity index (χ0n) is 52.3. The molecule has 0 saturated heterocycles. The van der Waals surface area contributed by atoms with Crippen LogP contribution in [0.5, 0.6) is 17.2 Å². The van der Waals surface area contributed by atoms with Gasteiger partial charge in [-0.15, -0.1) is 22.9 Å². The molecule has 4 N–H and O–H groups in total. The van der Waals surface area contributed by atoms with E-state index >= 15 is 0 Å². The van der Waals surface area contributed by atoms with Gasteiger partial charge >= 0.3 is 17.9 Å². The molecular weight excluding hydrogens is 1170 g/mol. The van der Waals surface area contributed by atoms with Gasteiger partial charge < -0.3 is 48.8 Å². The number of aliphatic carboxylic acids is 1. The first-order valence-electron chi connectivity index (χ1n) is 31.3. The van der Waals surface area contributed by atoms with E-state index in [1.807, 2.05) is 86.6 Å². The van der Waals surface area contributed by atoms with Gasteiger partial charge in [-0.05, 0) is 178 Å². The molecule has 0 amide bonds. The summed E-state index contributed by atoms with van der Waals surface area (Å²) in [5.74, 6) is 4.74. The number of rotatable bonds is 30. The molecule has 2 unspecified atom stereocenters. The lowest BCUT2D eigenvalue weighted by molar-refractivity contribution is -0.141. The quantitative estimate of drug-likeness (QED) is 0.0190. The van der Waals surface area contributed by atoms with E-state index in [1.165, 1.54) is 31.1 Å². The van der Waals surface area contributed by atoms with Crippen LogP contribution in [0.25, 0.3) is 0 Å². The van der Waals surface area contributed by atoms with E-state index in [0.29, 0.717) is 80.6 Å². The van der Waals surface area contributed by atoms with Gasteiger partial charge in [0.05, 0.1) is 63.2 Å². The molecule has 0 spiro atoms. The highest BCUT2D eigenvalue weighted by molar-refractivity contribution is 7.13. The minimum absolute atomic E-state index is 0.0390. The Kier molecular flexibility index (Phi) is 30.4. The van der Waals surface area contributed by atoms with Crippen LogP contribution in [0.15, 0.2) is 91.1 Å². The third-order valence-corrected chi connectivity index (χ3v) is 18.6. The molecule has 0 aliphatic heterocycles. The van der Waals surface area contributed by atoms with Crippen molar-refractivity contribution in [2.45, 2.75) is 148 Å². The Balaban J connectivity index is 0.000000215. The summed E-state index contributed by atoms with van der Waals surface area (Å²) in [6.45, 7) is 7.17. The van der Waals surface area contributed by atoms with Crippen molar-refractivity contribution in [2.75, 3.05) is 53.9 Å². The van der Waals surface area contributed by atoms with Crippen LogP contribution in [-0.4, -0.2) is 114 Å². The van der Waals surface area contributed by atoms with Gasteiger partial charge in [0.2, 0.25) is 0 Å². The van der Waals surface area contributed by atoms with Crippen molar-refractivity contribution in [1.29, 1.82) is 0 Å². The summed E-state index contributed by atoms with van der Waals surface area (Å²) in [7, 11) is 2.79. The predicted molar refractivity (Wildman–Crippen MR) is 343 cm³/mol. The lowest BCUT2D eigenvalue weighted by Gasteiger charge is -2.22. The number of carbonyl (C=O) groups excluding carboxylic acids is 4. The number of nitrogens with zero attached hydrogens (tertiary/aromatic N) is 1. The smallest absolute Gasteiger partial charge is 0.349 e. The first-order valence-corrected chi connectivity index (χ1v) is 32.5. The van der Waals surface area contributed by atoms with E-state index in [9.17, 15) is 34.2 Å². The van der Waals surface area contributed by atoms with Gasteiger partial charge in [-0.2, -0.15) is 0 Å². The highest BCUT2D eigenvalue weighted by Crippen LogP contribution is 2.40. The molecule has 3 saturated carbocycles. The Morgan fingerprint density at radius 3 is 2.16 bits per heavy atom. The molecule has 4 aromatic carbocycles. The number of para-hydroxylation sites is 1. The number of carboxylic acid groups (broad SMARTS) is 1. The molecule has 5 aromatic rings. The molecule has 0 bridgehead atoms. The van der Waals surface area contributed by atoms with E-state index in [-0.39, 0.29) is 72.4 Å². The number of aryl methyl sites for hydroxylation is 4. The third kappa shape index (κ3) is 23.2. The summed E-state index contributed by atoms with van der Waals surface area (Å²) in [5, 5.41) is 38.3. The molecule has 8 atom stereocenters. The summed E-state index contributed by atoms with van der Waals surface area (Å²) in [5.41, 5.74) is 7.49. The average Bonchev–Trinajstić information content (AvgIpc) is 4.43. The molecule has 16 nitrogen and oxygen atoms in total. The number of benzene rings is 4. The molecular formula is C71H90ClNO15S. The standard InChI is InChI=1S/C27H34O5.C25H34ClNO4S.C19H22O6/c1-18-13-23(14-19(2)24(18)11-12-28)32-17-25-22(8-9-26(25)29)16-21-6-4-5-20(15-21)7-10-27(30)31-3;1-3-4-10-22(28)18-8-5-9-19(14-18)31-16-20-17(12-13-21(20)26)7-6-11-24-27-15-23(32-24)25(29)30-2;20-10-9-15-4-1-2-6-18(15)25-12-16-14(7-8-17(16)21)5-3-11-24-13-19(22)23/h4-6,13-15,22,25,28H,7-12,16-17H2,1-3H3;5,8-9,14-15,17,20-22,28H,3-4,6-7,10-13,16H2,1-2H3;1-2,4,6,14,16,20H,5,7-10,12-13H2,(H,22,23)/t22-,25-;17-,20+,21?,22?;14-,16+/m100/s1. The Bertz CT molecular complexity index is 3090. The first-order chi connectivity index (χ1) is 43.0. The number of esters is 2. The molecule has 1 heterocycles. The van der Waals surface area contributed by atoms with Crippen molar-refractivity contribution >= 4 is 52.4 Å². The van der Waals surface area contributed by atoms with E-state index < -0.39 is 18.7 Å². The normalized spacial score (nSPS) is 19.6. The predicted octanol–water partition coefficient (Wildman–Crippen LogP) is 12.0. The van der Waals surface area contributed by atoms with Crippen molar-refractivity contribution in [1.82, 2.24) is 4.98 Å². The van der Waals surface area contributed by atoms with E-state index in [0.717, 1.165) is 121 Å². The summed E-state index contributed by atoms with van der Waals surface area (Å²) >= 11 is 8.05. The van der Waals surface area contributed by atoms with E-state index in [1.54, 1.807) is 6.20 Å². The van der Waals surface area contributed by atoms with Crippen LogP contribution in [0.2, 0.25) is 0 Å². The fourth-order valence-electron chi connectivity index (χ4n) is 12.1. The number of halogens is 1. The number of aliphatic hydroxyl groups is 3. The van der Waals surface area contributed by atoms with Crippen LogP contribution in [-0.2, 0) is 65.5 Å². The summed E-state index contributed by atoms with van der Waals surface area (Å²) in [6, 6.07) is 27.5. The van der Waals surface area contributed by atoms with Gasteiger partial charge in [0, 0.05) is 50.2 Å². The second-order valence-corrected chi connectivity index (χ2v) is 25.0. The number of Topliss-reactive ketones (excluding diaryl/α,β-unsaturated/α-hetero) is 2. The Hall–Kier alpha value is -6.81. The molecule has 18 heteroatoms. The molecule has 3 aliphatic carbocycles. The van der Waals surface area contributed by atoms with Crippen LogP contribution in [0.1, 0.15) is 150 Å². The van der Waals surface area contributed by atoms with Crippen molar-refractivity contribution < 1.29 is 72.8 Å². The molecule has 482 valence electrons. The van der Waals surface area contributed by atoms with Gasteiger partial charge in [0.25, 0.3) is 0 Å². The van der Waals surface area contributed by atoms with Gasteiger partial charge in [-0.3, -0.25) is 14.4 Å². The number of hydrogen-bond acceptors (Lipinski definition) is 16. The van der Waals surface area contributed by atoms with Crippen LogP contribution in [0.4, 0.5) is 0 Å². The van der Waals surface area contributed by atoms with Gasteiger partial charge in [-0.25, -0.2) is 14.6 Å². The molecule has 0 radical (unpaired) electrons. The molecule has 8 rings (SSSR count). The van der Waals surface area contributed by atoms with Crippen molar-refractivity contribution in [3.8, 4) is 29.3 Å². The van der Waals surface area contributed by atoms with Crippen molar-refractivity contribution in [3.63, 3.8) is 0 Å². The van der Waals surface area contributed by atoms with E-state index in [4.69, 9.17) is 45.5 Å². The number of alkyl halides is 1. The van der Waals surface area contributed by atoms with Gasteiger partial charge in [0.1, 0.15) is 39.8 Å². The summed E-state index contributed by atoms with van der Waals surface area (Å²) < 4.78 is 32.2. The second kappa shape index (κ2) is 38.0. The number of thiazole rings is 1. The number of ketones is 2. The minimum Gasteiger partial charge on any atom is -0.493 e. The van der Waals surface area contributed by atoms with E-state index in [2.05, 4.69) is 40.8 Å². The monoisotopic (exact) mass is 1260 g/mol. The van der Waals surface area contributed by atoms with Gasteiger partial charge in [-0.1, -0.05) is 80.3 Å². The highest BCUT2D eigenvalue weighted by atomic mass is 35.5. The van der Waals surface area contributed by atoms with Crippen LogP contribution >= 0.6 is 22.9 Å². The third-order valence-electron chi connectivity index (χ3n) is 17.1. The number of unbranched alkanes of at least 4 members (excludes halogenated alkanes) is 1. The summed E-state index contributed by atoms with van der Waals surface area (Å²) in [4.78, 5) is 63.0. The first kappa shape index (κ1) is 71.3. The van der Waals surface area contributed by atoms with Crippen LogP contribution in [0, 0.1) is 61.4 Å². The Labute approximate surface area is 534 Å². The number of aromatic nitrogens is 1. The lowest BCUT2D eigenvalue weighted by atomic mass is 9.89. The Morgan fingerprint density at radius 1 is 0.742 bits per heavy atom. The fraction of sp³-hybridized carbons (Fsp3) is 0.521. The van der Waals surface area contributed by atoms with Crippen molar-refractivity contribution in [3.05, 3.63) is 140 Å². The zero-order valence-corrected chi connectivity index (χ0v) is 53.8. The molecule has 89 heavy (non-hydrogen) atoms. The molecule has 1 aromatic heterocycles. The minimum atomic E-state index is -1.07. The maximum Gasteiger partial charge on any atom is 0.349 e. The summed E-state index contributed by atoms with van der Waals surface area (Å²) in [6.07, 6.45) is 17.7. The second-order valence-electron chi connectivity index (χ2n) is 23.3.